The van der Waals surface area contributed by atoms with E-state index in [0.29, 0.717) is 23.1 Å². The van der Waals surface area contributed by atoms with Gasteiger partial charge in [0, 0.05) is 13.1 Å². The molecule has 0 amide bonds. The minimum absolute atomic E-state index is 0.465. The number of aliphatic hydroxyl groups excluding tert-OH is 1. The summed E-state index contributed by atoms with van der Waals surface area (Å²) in [6, 6.07) is 15.1. The summed E-state index contributed by atoms with van der Waals surface area (Å²) in [6.45, 7) is 1.04. The molecule has 0 saturated carbocycles. The zero-order valence-electron chi connectivity index (χ0n) is 10.3. The van der Waals surface area contributed by atoms with Crippen LogP contribution in [-0.2, 0) is 6.54 Å². The number of hydrogen-bond donors (Lipinski definition) is 2. The largest absolute Gasteiger partial charge is 0.387 e. The highest BCUT2D eigenvalue weighted by Gasteiger charge is 2.07. The number of aliphatic hydroxyl groups is 1. The van der Waals surface area contributed by atoms with Crippen molar-refractivity contribution in [1.29, 1.82) is 0 Å². The van der Waals surface area contributed by atoms with Gasteiger partial charge in [-0.25, -0.2) is 0 Å². The topological polar surface area (TPSA) is 32.3 Å². The summed E-state index contributed by atoms with van der Waals surface area (Å²) in [5.74, 6) is 0. The van der Waals surface area contributed by atoms with Gasteiger partial charge in [-0.05, 0) is 17.2 Å². The van der Waals surface area contributed by atoms with Crippen LogP contribution in [0.4, 0.5) is 0 Å². The molecule has 0 saturated heterocycles. The van der Waals surface area contributed by atoms with Crippen molar-refractivity contribution >= 4 is 23.2 Å². The quantitative estimate of drug-likeness (QED) is 0.879. The lowest BCUT2D eigenvalue weighted by molar-refractivity contribution is 0.174. The molecule has 0 fully saturated rings. The Bertz CT molecular complexity index is 531. The molecule has 0 heterocycles. The van der Waals surface area contributed by atoms with Gasteiger partial charge in [0.1, 0.15) is 0 Å². The Kier molecular flexibility index (Phi) is 5.23. The number of benzene rings is 2. The van der Waals surface area contributed by atoms with Gasteiger partial charge >= 0.3 is 0 Å². The average molecular weight is 296 g/mol. The molecule has 19 heavy (non-hydrogen) atoms. The van der Waals surface area contributed by atoms with Crippen LogP contribution in [0, 0.1) is 0 Å². The SMILES string of the molecule is O[C@H](CNCc1cccc(Cl)c1Cl)c1ccccc1. The van der Waals surface area contributed by atoms with Crippen molar-refractivity contribution < 1.29 is 5.11 Å². The molecular formula is C15H15Cl2NO. The van der Waals surface area contributed by atoms with Crippen LogP contribution in [0.2, 0.25) is 10.0 Å². The van der Waals surface area contributed by atoms with Crippen molar-refractivity contribution in [3.63, 3.8) is 0 Å². The van der Waals surface area contributed by atoms with Crippen molar-refractivity contribution in [1.82, 2.24) is 5.32 Å². The van der Waals surface area contributed by atoms with Gasteiger partial charge in [-0.15, -0.1) is 0 Å². The van der Waals surface area contributed by atoms with Crippen LogP contribution in [0.5, 0.6) is 0 Å². The predicted octanol–water partition coefficient (Wildman–Crippen LogP) is 3.82. The van der Waals surface area contributed by atoms with E-state index in [0.717, 1.165) is 11.1 Å². The normalized spacial score (nSPS) is 12.4. The van der Waals surface area contributed by atoms with Crippen molar-refractivity contribution in [3.05, 3.63) is 69.7 Å². The van der Waals surface area contributed by atoms with E-state index in [2.05, 4.69) is 5.32 Å². The fourth-order valence-electron chi connectivity index (χ4n) is 1.82. The molecule has 0 aliphatic rings. The molecule has 1 atom stereocenters. The van der Waals surface area contributed by atoms with Crippen LogP contribution in [-0.4, -0.2) is 11.7 Å². The number of halogens is 2. The third-order valence-electron chi connectivity index (χ3n) is 2.87. The minimum atomic E-state index is -0.529. The molecule has 2 rings (SSSR count). The molecule has 4 heteroatoms. The zero-order valence-corrected chi connectivity index (χ0v) is 11.8. The molecule has 0 radical (unpaired) electrons. The minimum Gasteiger partial charge on any atom is -0.387 e. The molecule has 2 nitrogen and oxygen atoms in total. The standard InChI is InChI=1S/C15H15Cl2NO/c16-13-8-4-7-12(15(13)17)9-18-10-14(19)11-5-2-1-3-6-11/h1-8,14,18-19H,9-10H2/t14-/m1/s1. The van der Waals surface area contributed by atoms with Gasteiger partial charge in [-0.1, -0.05) is 65.7 Å². The third-order valence-corrected chi connectivity index (χ3v) is 3.73. The molecule has 0 aliphatic heterocycles. The monoisotopic (exact) mass is 295 g/mol. The van der Waals surface area contributed by atoms with Gasteiger partial charge in [-0.2, -0.15) is 0 Å². The van der Waals surface area contributed by atoms with Crippen LogP contribution in [0.25, 0.3) is 0 Å². The summed E-state index contributed by atoms with van der Waals surface area (Å²) in [7, 11) is 0. The van der Waals surface area contributed by atoms with E-state index in [1.165, 1.54) is 0 Å². The third kappa shape index (κ3) is 3.95. The Balaban J connectivity index is 1.88. The van der Waals surface area contributed by atoms with Crippen molar-refractivity contribution in [3.8, 4) is 0 Å². The van der Waals surface area contributed by atoms with Crippen LogP contribution < -0.4 is 5.32 Å². The second-order valence-corrected chi connectivity index (χ2v) is 5.06. The summed E-state index contributed by atoms with van der Waals surface area (Å²) in [6.07, 6.45) is -0.529. The Hall–Kier alpha value is -1.06. The maximum Gasteiger partial charge on any atom is 0.0914 e. The molecule has 0 unspecified atom stereocenters. The fourth-order valence-corrected chi connectivity index (χ4v) is 2.21. The van der Waals surface area contributed by atoms with Crippen molar-refractivity contribution in [2.45, 2.75) is 12.6 Å². The number of hydrogen-bond acceptors (Lipinski definition) is 2. The van der Waals surface area contributed by atoms with E-state index < -0.39 is 6.10 Å². The Morgan fingerprint density at radius 2 is 1.74 bits per heavy atom. The summed E-state index contributed by atoms with van der Waals surface area (Å²) >= 11 is 12.0. The molecule has 2 N–H and O–H groups in total. The molecule has 0 spiro atoms. The second-order valence-electron chi connectivity index (χ2n) is 4.27. The Morgan fingerprint density at radius 3 is 2.47 bits per heavy atom. The lowest BCUT2D eigenvalue weighted by Gasteiger charge is -2.13. The highest BCUT2D eigenvalue weighted by Crippen LogP contribution is 2.25. The van der Waals surface area contributed by atoms with Gasteiger partial charge in [0.15, 0.2) is 0 Å². The fraction of sp³-hybridized carbons (Fsp3) is 0.200. The molecule has 2 aromatic rings. The van der Waals surface area contributed by atoms with E-state index >= 15 is 0 Å². The highest BCUT2D eigenvalue weighted by molar-refractivity contribution is 6.42. The van der Waals surface area contributed by atoms with Gasteiger partial charge in [0.2, 0.25) is 0 Å². The average Bonchev–Trinajstić information content (AvgIpc) is 2.44. The smallest absolute Gasteiger partial charge is 0.0914 e. The lowest BCUT2D eigenvalue weighted by Crippen LogP contribution is -2.21. The van der Waals surface area contributed by atoms with Crippen LogP contribution in [0.3, 0.4) is 0 Å². The summed E-state index contributed by atoms with van der Waals surface area (Å²) in [5.41, 5.74) is 1.82. The van der Waals surface area contributed by atoms with E-state index in [1.807, 2.05) is 42.5 Å². The Morgan fingerprint density at radius 1 is 1.00 bits per heavy atom. The van der Waals surface area contributed by atoms with Crippen LogP contribution in [0.1, 0.15) is 17.2 Å². The predicted molar refractivity (Wildman–Crippen MR) is 79.6 cm³/mol. The van der Waals surface area contributed by atoms with Crippen LogP contribution >= 0.6 is 23.2 Å². The molecular weight excluding hydrogens is 281 g/mol. The van der Waals surface area contributed by atoms with Gasteiger partial charge in [0.25, 0.3) is 0 Å². The molecule has 0 aliphatic carbocycles. The van der Waals surface area contributed by atoms with E-state index in [4.69, 9.17) is 23.2 Å². The maximum atomic E-state index is 10.0. The van der Waals surface area contributed by atoms with Gasteiger partial charge < -0.3 is 10.4 Å². The zero-order chi connectivity index (χ0) is 13.7. The molecule has 0 bridgehead atoms. The Labute approximate surface area is 123 Å². The summed E-state index contributed by atoms with van der Waals surface area (Å²) in [5, 5.41) is 14.3. The van der Waals surface area contributed by atoms with E-state index in [1.54, 1.807) is 6.07 Å². The first-order valence-corrected chi connectivity index (χ1v) is 6.80. The summed E-state index contributed by atoms with van der Waals surface area (Å²) in [4.78, 5) is 0. The van der Waals surface area contributed by atoms with Crippen molar-refractivity contribution in [2.24, 2.45) is 0 Å². The van der Waals surface area contributed by atoms with Gasteiger partial charge in [-0.3, -0.25) is 0 Å². The summed E-state index contributed by atoms with van der Waals surface area (Å²) < 4.78 is 0. The lowest BCUT2D eigenvalue weighted by atomic mass is 10.1. The first-order valence-electron chi connectivity index (χ1n) is 6.05. The van der Waals surface area contributed by atoms with E-state index in [9.17, 15) is 5.11 Å². The maximum absolute atomic E-state index is 10.0. The number of rotatable bonds is 5. The molecule has 100 valence electrons. The van der Waals surface area contributed by atoms with E-state index in [-0.39, 0.29) is 0 Å². The second kappa shape index (κ2) is 6.92. The van der Waals surface area contributed by atoms with Crippen LogP contribution in [0.15, 0.2) is 48.5 Å². The molecule has 0 aromatic heterocycles. The highest BCUT2D eigenvalue weighted by atomic mass is 35.5. The first-order chi connectivity index (χ1) is 9.18. The van der Waals surface area contributed by atoms with Gasteiger partial charge in [0.05, 0.1) is 16.1 Å². The van der Waals surface area contributed by atoms with Crippen molar-refractivity contribution in [2.75, 3.05) is 6.54 Å². The molecule has 2 aromatic carbocycles. The number of nitrogens with one attached hydrogen (secondary N) is 1. The first kappa shape index (κ1) is 14.4.